The maximum atomic E-state index is 6.11. The number of nitrogens with one attached hydrogen (secondary N) is 2. The second kappa shape index (κ2) is 8.76. The Hall–Kier alpha value is -0.280. The number of hydrogen-bond acceptors (Lipinski definition) is 2. The van der Waals surface area contributed by atoms with Crippen LogP contribution in [0.1, 0.15) is 25.8 Å². The Morgan fingerprint density at radius 2 is 1.83 bits per heavy atom. The van der Waals surface area contributed by atoms with Crippen LogP contribution in [-0.4, -0.2) is 19.6 Å². The summed E-state index contributed by atoms with van der Waals surface area (Å²) in [6.45, 7) is 8.31. The van der Waals surface area contributed by atoms with E-state index in [0.717, 1.165) is 38.2 Å². The molecule has 0 aliphatic carbocycles. The summed E-state index contributed by atoms with van der Waals surface area (Å²) in [5.41, 5.74) is 1.05. The zero-order valence-electron chi connectivity index (χ0n) is 11.1. The van der Waals surface area contributed by atoms with Crippen LogP contribution in [0.25, 0.3) is 0 Å². The molecule has 102 valence electrons. The SMILES string of the molecule is CC(C)CNCCCNCc1cccc(Cl)c1Cl. The molecule has 0 aromatic heterocycles. The molecule has 0 spiro atoms. The van der Waals surface area contributed by atoms with Crippen LogP contribution in [0.4, 0.5) is 0 Å². The maximum absolute atomic E-state index is 6.11. The van der Waals surface area contributed by atoms with E-state index in [9.17, 15) is 0 Å². The van der Waals surface area contributed by atoms with E-state index in [0.29, 0.717) is 16.0 Å². The van der Waals surface area contributed by atoms with Gasteiger partial charge in [0.1, 0.15) is 0 Å². The van der Waals surface area contributed by atoms with Crippen molar-refractivity contribution in [1.29, 1.82) is 0 Å². The van der Waals surface area contributed by atoms with Gasteiger partial charge in [0.05, 0.1) is 10.0 Å². The summed E-state index contributed by atoms with van der Waals surface area (Å²) in [4.78, 5) is 0. The molecular formula is C14H22Cl2N2. The highest BCUT2D eigenvalue weighted by Gasteiger charge is 2.03. The molecule has 0 amide bonds. The van der Waals surface area contributed by atoms with Gasteiger partial charge in [-0.2, -0.15) is 0 Å². The average Bonchev–Trinajstić information content (AvgIpc) is 2.32. The van der Waals surface area contributed by atoms with Crippen molar-refractivity contribution in [2.75, 3.05) is 19.6 Å². The van der Waals surface area contributed by atoms with Crippen molar-refractivity contribution >= 4 is 23.2 Å². The lowest BCUT2D eigenvalue weighted by Gasteiger charge is -2.09. The summed E-state index contributed by atoms with van der Waals surface area (Å²) in [5, 5.41) is 8.07. The van der Waals surface area contributed by atoms with Crippen LogP contribution in [0.5, 0.6) is 0 Å². The van der Waals surface area contributed by atoms with Crippen molar-refractivity contribution in [3.8, 4) is 0 Å². The summed E-state index contributed by atoms with van der Waals surface area (Å²) in [7, 11) is 0. The van der Waals surface area contributed by atoms with Crippen molar-refractivity contribution in [3.05, 3.63) is 33.8 Å². The summed E-state index contributed by atoms with van der Waals surface area (Å²) < 4.78 is 0. The van der Waals surface area contributed by atoms with Gasteiger partial charge < -0.3 is 10.6 Å². The molecule has 0 saturated heterocycles. The van der Waals surface area contributed by atoms with E-state index in [1.165, 1.54) is 0 Å². The zero-order valence-corrected chi connectivity index (χ0v) is 12.6. The molecule has 1 aromatic carbocycles. The second-order valence-electron chi connectivity index (χ2n) is 4.84. The van der Waals surface area contributed by atoms with Crippen LogP contribution in [0.3, 0.4) is 0 Å². The highest BCUT2D eigenvalue weighted by Crippen LogP contribution is 2.25. The molecule has 1 aromatic rings. The molecule has 0 saturated carbocycles. The van der Waals surface area contributed by atoms with Crippen LogP contribution in [-0.2, 0) is 6.54 Å². The minimum Gasteiger partial charge on any atom is -0.316 e. The molecule has 0 radical (unpaired) electrons. The molecule has 18 heavy (non-hydrogen) atoms. The van der Waals surface area contributed by atoms with Crippen LogP contribution in [0, 0.1) is 5.92 Å². The number of hydrogen-bond donors (Lipinski definition) is 2. The number of rotatable bonds is 8. The van der Waals surface area contributed by atoms with E-state index in [2.05, 4.69) is 24.5 Å². The van der Waals surface area contributed by atoms with Gasteiger partial charge >= 0.3 is 0 Å². The number of benzene rings is 1. The first kappa shape index (κ1) is 15.8. The molecule has 0 heterocycles. The van der Waals surface area contributed by atoms with Crippen molar-refractivity contribution in [3.63, 3.8) is 0 Å². The van der Waals surface area contributed by atoms with E-state index in [-0.39, 0.29) is 0 Å². The van der Waals surface area contributed by atoms with E-state index >= 15 is 0 Å². The predicted molar refractivity (Wildman–Crippen MR) is 80.5 cm³/mol. The first-order valence-corrected chi connectivity index (χ1v) is 7.21. The fraction of sp³-hybridized carbons (Fsp3) is 0.571. The van der Waals surface area contributed by atoms with Crippen LogP contribution < -0.4 is 10.6 Å². The Morgan fingerprint density at radius 3 is 2.56 bits per heavy atom. The molecule has 2 N–H and O–H groups in total. The lowest BCUT2D eigenvalue weighted by atomic mass is 10.2. The quantitative estimate of drug-likeness (QED) is 0.713. The van der Waals surface area contributed by atoms with Gasteiger partial charge in [-0.25, -0.2) is 0 Å². The minimum absolute atomic E-state index is 0.620. The van der Waals surface area contributed by atoms with Gasteiger partial charge in [-0.3, -0.25) is 0 Å². The van der Waals surface area contributed by atoms with Gasteiger partial charge in [0.2, 0.25) is 0 Å². The Morgan fingerprint density at radius 1 is 1.11 bits per heavy atom. The predicted octanol–water partition coefficient (Wildman–Crippen LogP) is 3.72. The van der Waals surface area contributed by atoms with Crippen molar-refractivity contribution in [2.24, 2.45) is 5.92 Å². The van der Waals surface area contributed by atoms with E-state index in [1.54, 1.807) is 0 Å². The second-order valence-corrected chi connectivity index (χ2v) is 5.63. The van der Waals surface area contributed by atoms with Gasteiger partial charge in [0.25, 0.3) is 0 Å². The summed E-state index contributed by atoms with van der Waals surface area (Å²) >= 11 is 12.1. The Kier molecular flexibility index (Phi) is 7.68. The van der Waals surface area contributed by atoms with Crippen molar-refractivity contribution in [2.45, 2.75) is 26.8 Å². The maximum Gasteiger partial charge on any atom is 0.0637 e. The minimum atomic E-state index is 0.620. The van der Waals surface area contributed by atoms with Crippen molar-refractivity contribution < 1.29 is 0 Å². The highest BCUT2D eigenvalue weighted by molar-refractivity contribution is 6.42. The van der Waals surface area contributed by atoms with Gasteiger partial charge in [-0.15, -0.1) is 0 Å². The summed E-state index contributed by atoms with van der Waals surface area (Å²) in [6.07, 6.45) is 1.12. The van der Waals surface area contributed by atoms with Crippen molar-refractivity contribution in [1.82, 2.24) is 10.6 Å². The number of halogens is 2. The zero-order chi connectivity index (χ0) is 13.4. The fourth-order valence-corrected chi connectivity index (χ4v) is 2.02. The first-order valence-electron chi connectivity index (χ1n) is 6.45. The lowest BCUT2D eigenvalue weighted by molar-refractivity contribution is 0.530. The van der Waals surface area contributed by atoms with Crippen LogP contribution >= 0.6 is 23.2 Å². The third-order valence-electron chi connectivity index (χ3n) is 2.61. The molecule has 1 rings (SSSR count). The standard InChI is InChI=1S/C14H22Cl2N2/c1-11(2)9-17-7-4-8-18-10-12-5-3-6-13(15)14(12)16/h3,5-6,11,17-18H,4,7-10H2,1-2H3. The topological polar surface area (TPSA) is 24.1 Å². The molecular weight excluding hydrogens is 267 g/mol. The average molecular weight is 289 g/mol. The normalized spacial score (nSPS) is 11.2. The largest absolute Gasteiger partial charge is 0.316 e. The van der Waals surface area contributed by atoms with Crippen LogP contribution in [0.2, 0.25) is 10.0 Å². The van der Waals surface area contributed by atoms with Crippen LogP contribution in [0.15, 0.2) is 18.2 Å². The molecule has 4 heteroatoms. The van der Waals surface area contributed by atoms with Gasteiger partial charge in [0, 0.05) is 6.54 Å². The molecule has 0 aliphatic rings. The molecule has 0 bridgehead atoms. The monoisotopic (exact) mass is 288 g/mol. The Bertz CT molecular complexity index is 354. The smallest absolute Gasteiger partial charge is 0.0637 e. The van der Waals surface area contributed by atoms with Gasteiger partial charge in [-0.05, 0) is 43.6 Å². The Labute approximate surface area is 120 Å². The van der Waals surface area contributed by atoms with E-state index < -0.39 is 0 Å². The molecule has 0 atom stereocenters. The molecule has 0 aliphatic heterocycles. The Balaban J connectivity index is 2.13. The fourth-order valence-electron chi connectivity index (χ4n) is 1.64. The molecule has 2 nitrogen and oxygen atoms in total. The molecule has 0 unspecified atom stereocenters. The van der Waals surface area contributed by atoms with E-state index in [4.69, 9.17) is 23.2 Å². The lowest BCUT2D eigenvalue weighted by Crippen LogP contribution is -2.24. The summed E-state index contributed by atoms with van der Waals surface area (Å²) in [6, 6.07) is 5.73. The summed E-state index contributed by atoms with van der Waals surface area (Å²) in [5.74, 6) is 0.711. The third kappa shape index (κ3) is 6.05. The van der Waals surface area contributed by atoms with Gasteiger partial charge in [-0.1, -0.05) is 49.2 Å². The molecule has 0 fully saturated rings. The van der Waals surface area contributed by atoms with E-state index in [1.807, 2.05) is 18.2 Å². The first-order chi connectivity index (χ1) is 8.61. The van der Waals surface area contributed by atoms with Gasteiger partial charge in [0.15, 0.2) is 0 Å². The third-order valence-corrected chi connectivity index (χ3v) is 3.46. The highest BCUT2D eigenvalue weighted by atomic mass is 35.5.